The molecule has 0 saturated heterocycles. The molecule has 16 heavy (non-hydrogen) atoms. The van der Waals surface area contributed by atoms with Gasteiger partial charge in [-0.05, 0) is 45.4 Å². The quantitative estimate of drug-likeness (QED) is 0.778. The van der Waals surface area contributed by atoms with Gasteiger partial charge in [0.2, 0.25) is 0 Å². The van der Waals surface area contributed by atoms with Crippen molar-refractivity contribution in [2.45, 2.75) is 70.4 Å². The van der Waals surface area contributed by atoms with Gasteiger partial charge in [0.15, 0.2) is 0 Å². The van der Waals surface area contributed by atoms with Crippen LogP contribution in [0.15, 0.2) is 0 Å². The Morgan fingerprint density at radius 2 is 1.81 bits per heavy atom. The molecule has 0 amide bonds. The summed E-state index contributed by atoms with van der Waals surface area (Å²) >= 11 is 0. The van der Waals surface area contributed by atoms with Gasteiger partial charge < -0.3 is 5.73 Å². The molecule has 0 spiro atoms. The van der Waals surface area contributed by atoms with Gasteiger partial charge in [0.05, 0.1) is 0 Å². The Morgan fingerprint density at radius 1 is 1.19 bits per heavy atom. The molecule has 2 fully saturated rings. The molecule has 94 valence electrons. The normalized spacial score (nSPS) is 25.3. The van der Waals surface area contributed by atoms with Gasteiger partial charge in [-0.25, -0.2) is 0 Å². The Labute approximate surface area is 101 Å². The fraction of sp³-hybridized carbons (Fsp3) is 1.00. The van der Waals surface area contributed by atoms with Gasteiger partial charge >= 0.3 is 0 Å². The molecule has 0 aliphatic heterocycles. The average Bonchev–Trinajstić information content (AvgIpc) is 3.01. The lowest BCUT2D eigenvalue weighted by Gasteiger charge is -2.40. The van der Waals surface area contributed by atoms with E-state index < -0.39 is 0 Å². The highest BCUT2D eigenvalue weighted by Crippen LogP contribution is 2.32. The van der Waals surface area contributed by atoms with Crippen LogP contribution in [0.1, 0.15) is 58.8 Å². The van der Waals surface area contributed by atoms with Crippen LogP contribution in [0.25, 0.3) is 0 Å². The van der Waals surface area contributed by atoms with Gasteiger partial charge in [-0.2, -0.15) is 0 Å². The number of hydrogen-bond donors (Lipinski definition) is 1. The van der Waals surface area contributed by atoms with Crippen LogP contribution in [0.4, 0.5) is 0 Å². The minimum absolute atomic E-state index is 0.122. The van der Waals surface area contributed by atoms with E-state index in [0.717, 1.165) is 12.5 Å². The molecular formula is C14H28N2. The summed E-state index contributed by atoms with van der Waals surface area (Å²) in [4.78, 5) is 2.63. The Morgan fingerprint density at radius 3 is 2.31 bits per heavy atom. The lowest BCUT2D eigenvalue weighted by Crippen LogP contribution is -2.53. The summed E-state index contributed by atoms with van der Waals surface area (Å²) in [7, 11) is 0. The summed E-state index contributed by atoms with van der Waals surface area (Å²) in [5.74, 6) is 0.981. The van der Waals surface area contributed by atoms with E-state index >= 15 is 0 Å². The third-order valence-electron chi connectivity index (χ3n) is 4.29. The maximum atomic E-state index is 6.55. The predicted octanol–water partition coefficient (Wildman–Crippen LogP) is 2.77. The van der Waals surface area contributed by atoms with Crippen LogP contribution < -0.4 is 5.73 Å². The van der Waals surface area contributed by atoms with E-state index in [9.17, 15) is 0 Å². The number of hydrogen-bond acceptors (Lipinski definition) is 2. The van der Waals surface area contributed by atoms with Crippen molar-refractivity contribution in [2.24, 2.45) is 11.7 Å². The van der Waals surface area contributed by atoms with Gasteiger partial charge in [0.1, 0.15) is 0 Å². The Hall–Kier alpha value is -0.0800. The Balaban J connectivity index is 1.87. The van der Waals surface area contributed by atoms with Crippen LogP contribution in [0.3, 0.4) is 0 Å². The van der Waals surface area contributed by atoms with Crippen molar-refractivity contribution < 1.29 is 0 Å². The van der Waals surface area contributed by atoms with Gasteiger partial charge in [0.25, 0.3) is 0 Å². The molecule has 0 heterocycles. The first kappa shape index (κ1) is 12.4. The molecule has 0 aromatic carbocycles. The summed E-state index contributed by atoms with van der Waals surface area (Å²) in [5, 5.41) is 0. The van der Waals surface area contributed by atoms with Crippen molar-refractivity contribution in [3.63, 3.8) is 0 Å². The molecule has 0 unspecified atom stereocenters. The van der Waals surface area contributed by atoms with E-state index in [-0.39, 0.29) is 5.54 Å². The standard InChI is InChI=1S/C14H28N2/c1-12(2)16(10-13-6-7-13)11-14(15)8-4-3-5-9-14/h12-13H,3-11,15H2,1-2H3. The predicted molar refractivity (Wildman–Crippen MR) is 69.4 cm³/mol. The number of nitrogens with two attached hydrogens (primary N) is 1. The summed E-state index contributed by atoms with van der Waals surface area (Å²) in [6.07, 6.45) is 9.43. The van der Waals surface area contributed by atoms with Crippen molar-refractivity contribution in [1.82, 2.24) is 4.90 Å². The zero-order valence-corrected chi connectivity index (χ0v) is 11.0. The number of nitrogens with zero attached hydrogens (tertiary/aromatic N) is 1. The second kappa shape index (κ2) is 5.05. The minimum Gasteiger partial charge on any atom is -0.324 e. The molecule has 2 N–H and O–H groups in total. The van der Waals surface area contributed by atoms with Crippen molar-refractivity contribution in [2.75, 3.05) is 13.1 Å². The molecule has 0 bridgehead atoms. The van der Waals surface area contributed by atoms with Gasteiger partial charge in [0, 0.05) is 24.7 Å². The van der Waals surface area contributed by atoms with Gasteiger partial charge in [-0.15, -0.1) is 0 Å². The Kier molecular flexibility index (Phi) is 3.91. The monoisotopic (exact) mass is 224 g/mol. The summed E-state index contributed by atoms with van der Waals surface area (Å²) in [6, 6.07) is 0.656. The molecule has 0 radical (unpaired) electrons. The van der Waals surface area contributed by atoms with E-state index in [2.05, 4.69) is 18.7 Å². The topological polar surface area (TPSA) is 29.3 Å². The van der Waals surface area contributed by atoms with Crippen molar-refractivity contribution in [3.05, 3.63) is 0 Å². The summed E-state index contributed by atoms with van der Waals surface area (Å²) < 4.78 is 0. The van der Waals surface area contributed by atoms with E-state index in [4.69, 9.17) is 5.73 Å². The van der Waals surface area contributed by atoms with Gasteiger partial charge in [-0.1, -0.05) is 19.3 Å². The second-order valence-corrected chi connectivity index (χ2v) is 6.39. The van der Waals surface area contributed by atoms with Crippen molar-refractivity contribution in [1.29, 1.82) is 0 Å². The van der Waals surface area contributed by atoms with Crippen LogP contribution >= 0.6 is 0 Å². The first-order chi connectivity index (χ1) is 7.59. The molecule has 0 aromatic heterocycles. The smallest absolute Gasteiger partial charge is 0.0283 e. The maximum Gasteiger partial charge on any atom is 0.0283 e. The average molecular weight is 224 g/mol. The van der Waals surface area contributed by atoms with Crippen LogP contribution in [0, 0.1) is 5.92 Å². The molecule has 2 nitrogen and oxygen atoms in total. The fourth-order valence-corrected chi connectivity index (χ4v) is 2.91. The lowest BCUT2D eigenvalue weighted by atomic mass is 9.82. The zero-order valence-electron chi connectivity index (χ0n) is 11.0. The first-order valence-electron chi connectivity index (χ1n) is 7.12. The molecule has 2 heteroatoms. The van der Waals surface area contributed by atoms with Crippen LogP contribution in [0.2, 0.25) is 0 Å². The largest absolute Gasteiger partial charge is 0.324 e. The summed E-state index contributed by atoms with van der Waals surface area (Å²) in [6.45, 7) is 7.04. The number of rotatable bonds is 5. The van der Waals surface area contributed by atoms with E-state index in [1.54, 1.807) is 0 Å². The Bertz CT molecular complexity index is 215. The fourth-order valence-electron chi connectivity index (χ4n) is 2.91. The molecule has 0 atom stereocenters. The maximum absolute atomic E-state index is 6.55. The molecule has 2 saturated carbocycles. The third-order valence-corrected chi connectivity index (χ3v) is 4.29. The van der Waals surface area contributed by atoms with Crippen LogP contribution in [-0.2, 0) is 0 Å². The first-order valence-corrected chi connectivity index (χ1v) is 7.12. The molecule has 2 aliphatic rings. The minimum atomic E-state index is 0.122. The zero-order chi connectivity index (χ0) is 11.6. The highest BCUT2D eigenvalue weighted by Gasteiger charge is 2.33. The highest BCUT2D eigenvalue weighted by atomic mass is 15.2. The van der Waals surface area contributed by atoms with Crippen molar-refractivity contribution in [3.8, 4) is 0 Å². The van der Waals surface area contributed by atoms with Gasteiger partial charge in [-0.3, -0.25) is 4.90 Å². The lowest BCUT2D eigenvalue weighted by molar-refractivity contribution is 0.138. The molecule has 0 aromatic rings. The SMILES string of the molecule is CC(C)N(CC1CC1)CC1(N)CCCCC1. The summed E-state index contributed by atoms with van der Waals surface area (Å²) in [5.41, 5.74) is 6.67. The van der Waals surface area contributed by atoms with Crippen LogP contribution in [0.5, 0.6) is 0 Å². The van der Waals surface area contributed by atoms with Crippen LogP contribution in [-0.4, -0.2) is 29.6 Å². The van der Waals surface area contributed by atoms with E-state index in [0.29, 0.717) is 6.04 Å². The van der Waals surface area contributed by atoms with E-state index in [1.165, 1.54) is 51.5 Å². The molecule has 2 rings (SSSR count). The van der Waals surface area contributed by atoms with Crippen molar-refractivity contribution >= 4 is 0 Å². The second-order valence-electron chi connectivity index (χ2n) is 6.39. The third kappa shape index (κ3) is 3.46. The van der Waals surface area contributed by atoms with E-state index in [1.807, 2.05) is 0 Å². The molecular weight excluding hydrogens is 196 g/mol. The molecule has 2 aliphatic carbocycles. The highest BCUT2D eigenvalue weighted by molar-refractivity contribution is 4.92.